The third-order valence-corrected chi connectivity index (χ3v) is 4.51. The van der Waals surface area contributed by atoms with Gasteiger partial charge in [-0.2, -0.15) is 4.31 Å². The first-order chi connectivity index (χ1) is 8.43. The van der Waals surface area contributed by atoms with Crippen LogP contribution in [0.15, 0.2) is 23.1 Å². The van der Waals surface area contributed by atoms with Crippen LogP contribution in [-0.2, 0) is 16.6 Å². The van der Waals surface area contributed by atoms with E-state index in [0.29, 0.717) is 6.54 Å². The molecule has 0 aliphatic carbocycles. The van der Waals surface area contributed by atoms with Crippen LogP contribution in [0.2, 0.25) is 0 Å². The first-order valence-electron chi connectivity index (χ1n) is 5.57. The van der Waals surface area contributed by atoms with Crippen molar-refractivity contribution in [2.45, 2.75) is 18.4 Å². The van der Waals surface area contributed by atoms with Crippen molar-refractivity contribution in [3.8, 4) is 12.3 Å². The quantitative estimate of drug-likeness (QED) is 0.808. The number of hydrogen-bond donors (Lipinski definition) is 1. The van der Waals surface area contributed by atoms with E-state index in [9.17, 15) is 8.42 Å². The number of aryl methyl sites for hydroxylation is 1. The molecule has 0 amide bonds. The fraction of sp³-hybridized carbons (Fsp3) is 0.385. The molecule has 18 heavy (non-hydrogen) atoms. The van der Waals surface area contributed by atoms with Gasteiger partial charge in [-0.15, -0.1) is 6.42 Å². The molecule has 0 saturated heterocycles. The van der Waals surface area contributed by atoms with Crippen molar-refractivity contribution in [2.75, 3.05) is 20.6 Å². The molecule has 98 valence electrons. The van der Waals surface area contributed by atoms with E-state index in [2.05, 4.69) is 11.2 Å². The largest absolute Gasteiger partial charge is 0.316 e. The summed E-state index contributed by atoms with van der Waals surface area (Å²) in [6.45, 7) is 2.65. The molecule has 5 heteroatoms. The molecule has 0 aliphatic rings. The summed E-state index contributed by atoms with van der Waals surface area (Å²) in [4.78, 5) is 0.274. The van der Waals surface area contributed by atoms with Gasteiger partial charge in [0.25, 0.3) is 0 Å². The molecule has 1 aromatic rings. The lowest BCUT2D eigenvalue weighted by Crippen LogP contribution is -2.27. The van der Waals surface area contributed by atoms with Crippen molar-refractivity contribution in [1.82, 2.24) is 9.62 Å². The highest BCUT2D eigenvalue weighted by Gasteiger charge is 2.20. The molecule has 0 atom stereocenters. The van der Waals surface area contributed by atoms with Crippen LogP contribution >= 0.6 is 0 Å². The minimum atomic E-state index is -3.50. The fourth-order valence-electron chi connectivity index (χ4n) is 1.58. The molecule has 1 aromatic carbocycles. The molecule has 4 nitrogen and oxygen atoms in total. The maximum absolute atomic E-state index is 12.2. The molecular weight excluding hydrogens is 248 g/mol. The molecule has 0 aromatic heterocycles. The number of benzene rings is 1. The van der Waals surface area contributed by atoms with Gasteiger partial charge in [0, 0.05) is 13.6 Å². The lowest BCUT2D eigenvalue weighted by Gasteiger charge is -2.15. The van der Waals surface area contributed by atoms with Crippen LogP contribution in [0.4, 0.5) is 0 Å². The second-order valence-electron chi connectivity index (χ2n) is 4.08. The zero-order valence-corrected chi connectivity index (χ0v) is 11.7. The van der Waals surface area contributed by atoms with E-state index in [1.165, 1.54) is 11.4 Å². The summed E-state index contributed by atoms with van der Waals surface area (Å²) in [5.41, 5.74) is 2.02. The van der Waals surface area contributed by atoms with Crippen LogP contribution in [0.1, 0.15) is 11.1 Å². The molecular formula is C13H18N2O2S. The van der Waals surface area contributed by atoms with Crippen LogP contribution in [0.25, 0.3) is 0 Å². The molecule has 0 radical (unpaired) electrons. The first-order valence-corrected chi connectivity index (χ1v) is 7.01. The van der Waals surface area contributed by atoms with Gasteiger partial charge in [-0.05, 0) is 37.2 Å². The van der Waals surface area contributed by atoms with Gasteiger partial charge in [0.1, 0.15) is 0 Å². The van der Waals surface area contributed by atoms with Crippen molar-refractivity contribution in [3.05, 3.63) is 29.3 Å². The summed E-state index contributed by atoms with van der Waals surface area (Å²) in [5.74, 6) is 2.33. The zero-order valence-electron chi connectivity index (χ0n) is 10.9. The Balaban J connectivity index is 3.18. The Morgan fingerprint density at radius 1 is 1.44 bits per heavy atom. The third kappa shape index (κ3) is 3.10. The highest BCUT2D eigenvalue weighted by Crippen LogP contribution is 2.18. The van der Waals surface area contributed by atoms with E-state index in [0.717, 1.165) is 11.1 Å². The van der Waals surface area contributed by atoms with Gasteiger partial charge in [0.2, 0.25) is 10.0 Å². The van der Waals surface area contributed by atoms with Crippen LogP contribution in [0, 0.1) is 19.3 Å². The third-order valence-electron chi connectivity index (χ3n) is 2.71. The highest BCUT2D eigenvalue weighted by atomic mass is 32.2. The normalized spacial score (nSPS) is 11.5. The summed E-state index contributed by atoms with van der Waals surface area (Å²) < 4.78 is 25.6. The average molecular weight is 266 g/mol. The van der Waals surface area contributed by atoms with Crippen LogP contribution in [0.5, 0.6) is 0 Å². The lowest BCUT2D eigenvalue weighted by atomic mass is 10.1. The Kier molecular flexibility index (Phi) is 4.91. The van der Waals surface area contributed by atoms with Gasteiger partial charge in [-0.25, -0.2) is 8.42 Å². The van der Waals surface area contributed by atoms with Gasteiger partial charge < -0.3 is 5.32 Å². The Morgan fingerprint density at radius 3 is 2.67 bits per heavy atom. The molecule has 0 fully saturated rings. The van der Waals surface area contributed by atoms with Gasteiger partial charge >= 0.3 is 0 Å². The molecule has 0 aliphatic heterocycles. The van der Waals surface area contributed by atoms with Crippen molar-refractivity contribution in [1.29, 1.82) is 0 Å². The fourth-order valence-corrected chi connectivity index (χ4v) is 2.72. The Morgan fingerprint density at radius 2 is 2.11 bits per heavy atom. The van der Waals surface area contributed by atoms with Gasteiger partial charge in [-0.1, -0.05) is 12.0 Å². The predicted molar refractivity (Wildman–Crippen MR) is 72.6 cm³/mol. The molecule has 1 N–H and O–H groups in total. The SMILES string of the molecule is C#CCN(C)S(=O)(=O)c1ccc(C)c(CNC)c1. The molecule has 0 unspecified atom stereocenters. The van der Waals surface area contributed by atoms with E-state index in [-0.39, 0.29) is 11.4 Å². The lowest BCUT2D eigenvalue weighted by molar-refractivity contribution is 0.503. The number of hydrogen-bond acceptors (Lipinski definition) is 3. The van der Waals surface area contributed by atoms with Crippen molar-refractivity contribution < 1.29 is 8.42 Å². The second kappa shape index (κ2) is 6.01. The molecule has 1 rings (SSSR count). The smallest absolute Gasteiger partial charge is 0.243 e. The van der Waals surface area contributed by atoms with E-state index in [4.69, 9.17) is 6.42 Å². The van der Waals surface area contributed by atoms with Crippen molar-refractivity contribution in [3.63, 3.8) is 0 Å². The van der Waals surface area contributed by atoms with Crippen LogP contribution in [0.3, 0.4) is 0 Å². The number of nitrogens with zero attached hydrogens (tertiary/aromatic N) is 1. The maximum atomic E-state index is 12.2. The molecule has 0 saturated carbocycles. The number of rotatable bonds is 5. The van der Waals surface area contributed by atoms with Crippen molar-refractivity contribution >= 4 is 10.0 Å². The average Bonchev–Trinajstić information content (AvgIpc) is 2.32. The number of terminal acetylenes is 1. The Hall–Kier alpha value is -1.35. The van der Waals surface area contributed by atoms with Gasteiger partial charge in [-0.3, -0.25) is 0 Å². The standard InChI is InChI=1S/C13H18N2O2S/c1-5-8-15(4)18(16,17)13-7-6-11(2)12(9-13)10-14-3/h1,6-7,9,14H,8,10H2,2-4H3. The molecule has 0 spiro atoms. The summed E-state index contributed by atoms with van der Waals surface area (Å²) in [6, 6.07) is 5.11. The monoisotopic (exact) mass is 266 g/mol. The molecule has 0 heterocycles. The van der Waals surface area contributed by atoms with E-state index in [1.807, 2.05) is 20.0 Å². The summed E-state index contributed by atoms with van der Waals surface area (Å²) in [7, 11) is -0.192. The number of sulfonamides is 1. The predicted octanol–water partition coefficient (Wildman–Crippen LogP) is 0.968. The topological polar surface area (TPSA) is 49.4 Å². The van der Waals surface area contributed by atoms with Crippen LogP contribution < -0.4 is 5.32 Å². The second-order valence-corrected chi connectivity index (χ2v) is 6.13. The number of nitrogens with one attached hydrogen (secondary N) is 1. The Bertz CT molecular complexity index is 559. The zero-order chi connectivity index (χ0) is 13.8. The highest BCUT2D eigenvalue weighted by molar-refractivity contribution is 7.89. The van der Waals surface area contributed by atoms with Crippen molar-refractivity contribution in [2.24, 2.45) is 0 Å². The van der Waals surface area contributed by atoms with Gasteiger partial charge in [0.05, 0.1) is 11.4 Å². The minimum Gasteiger partial charge on any atom is -0.316 e. The summed E-state index contributed by atoms with van der Waals surface area (Å²) in [5, 5.41) is 3.02. The van der Waals surface area contributed by atoms with Gasteiger partial charge in [0.15, 0.2) is 0 Å². The molecule has 0 bridgehead atoms. The Labute approximate surface area is 109 Å². The summed E-state index contributed by atoms with van der Waals surface area (Å²) >= 11 is 0. The van der Waals surface area contributed by atoms with Crippen LogP contribution in [-0.4, -0.2) is 33.4 Å². The van der Waals surface area contributed by atoms with E-state index in [1.54, 1.807) is 12.1 Å². The van der Waals surface area contributed by atoms with E-state index < -0.39 is 10.0 Å². The van der Waals surface area contributed by atoms with E-state index >= 15 is 0 Å². The maximum Gasteiger partial charge on any atom is 0.243 e. The first kappa shape index (κ1) is 14.7. The summed E-state index contributed by atoms with van der Waals surface area (Å²) in [6.07, 6.45) is 5.14. The minimum absolute atomic E-state index is 0.0670.